The zero-order chi connectivity index (χ0) is 20.5. The molecular weight excluding hydrogens is 368 g/mol. The molecule has 6 nitrogen and oxygen atoms in total. The summed E-state index contributed by atoms with van der Waals surface area (Å²) in [6.45, 7) is 2.00. The molecule has 1 fully saturated rings. The summed E-state index contributed by atoms with van der Waals surface area (Å²) in [6, 6.07) is 17.7. The first-order valence-corrected chi connectivity index (χ1v) is 9.96. The van der Waals surface area contributed by atoms with E-state index in [9.17, 15) is 9.59 Å². The Morgan fingerprint density at radius 2 is 1.62 bits per heavy atom. The number of nitrogens with one attached hydrogen (secondary N) is 2. The molecule has 0 bridgehead atoms. The van der Waals surface area contributed by atoms with Crippen molar-refractivity contribution in [1.29, 1.82) is 0 Å². The van der Waals surface area contributed by atoms with Crippen LogP contribution in [0.5, 0.6) is 5.75 Å². The predicted octanol–water partition coefficient (Wildman–Crippen LogP) is 2.22. The number of hydrogen-bond acceptors (Lipinski definition) is 4. The van der Waals surface area contributed by atoms with E-state index in [0.717, 1.165) is 29.7 Å². The third kappa shape index (κ3) is 5.35. The van der Waals surface area contributed by atoms with Gasteiger partial charge in [-0.3, -0.25) is 9.59 Å². The molecular formula is C23H28N2O4. The summed E-state index contributed by atoms with van der Waals surface area (Å²) in [6.07, 6.45) is 2.19. The Morgan fingerprint density at radius 1 is 0.966 bits per heavy atom. The standard InChI is InChI=1S/C23H28N2O4/c1-28-20-10-6-5-9-19(20)23(12-15-29-16-13-23)17-25-22(27)21(26)24-14-11-18-7-3-2-4-8-18/h2-10H,11-17H2,1H3,(H,24,26)(H,25,27). The molecule has 2 amide bonds. The second-order valence-corrected chi connectivity index (χ2v) is 7.27. The van der Waals surface area contributed by atoms with Gasteiger partial charge in [-0.05, 0) is 30.9 Å². The van der Waals surface area contributed by atoms with Crippen molar-refractivity contribution in [3.8, 4) is 5.75 Å². The molecule has 1 saturated heterocycles. The van der Waals surface area contributed by atoms with Gasteiger partial charge in [-0.25, -0.2) is 0 Å². The zero-order valence-electron chi connectivity index (χ0n) is 16.8. The highest BCUT2D eigenvalue weighted by atomic mass is 16.5. The van der Waals surface area contributed by atoms with E-state index in [1.54, 1.807) is 7.11 Å². The van der Waals surface area contributed by atoms with Crippen LogP contribution in [0.1, 0.15) is 24.0 Å². The van der Waals surface area contributed by atoms with Gasteiger partial charge in [0, 0.05) is 37.3 Å². The highest BCUT2D eigenvalue weighted by Gasteiger charge is 2.37. The summed E-state index contributed by atoms with van der Waals surface area (Å²) >= 11 is 0. The van der Waals surface area contributed by atoms with Gasteiger partial charge < -0.3 is 20.1 Å². The second-order valence-electron chi connectivity index (χ2n) is 7.27. The van der Waals surface area contributed by atoms with E-state index in [1.807, 2.05) is 54.6 Å². The maximum Gasteiger partial charge on any atom is 0.309 e. The van der Waals surface area contributed by atoms with Gasteiger partial charge in [0.15, 0.2) is 0 Å². The van der Waals surface area contributed by atoms with Gasteiger partial charge in [0.25, 0.3) is 0 Å². The van der Waals surface area contributed by atoms with E-state index >= 15 is 0 Å². The van der Waals surface area contributed by atoms with Crippen LogP contribution in [0.3, 0.4) is 0 Å². The summed E-state index contributed by atoms with van der Waals surface area (Å²) in [4.78, 5) is 24.6. The Bertz CT molecular complexity index is 817. The molecule has 0 aromatic heterocycles. The highest BCUT2D eigenvalue weighted by Crippen LogP contribution is 2.39. The minimum atomic E-state index is -0.612. The molecule has 0 spiro atoms. The first-order chi connectivity index (χ1) is 14.1. The van der Waals surface area contributed by atoms with Crippen LogP contribution >= 0.6 is 0 Å². The number of ether oxygens (including phenoxy) is 2. The fraction of sp³-hybridized carbons (Fsp3) is 0.391. The molecule has 0 aliphatic carbocycles. The van der Waals surface area contributed by atoms with Crippen molar-refractivity contribution in [2.75, 3.05) is 33.4 Å². The van der Waals surface area contributed by atoms with Gasteiger partial charge in [0.2, 0.25) is 0 Å². The first-order valence-electron chi connectivity index (χ1n) is 9.96. The van der Waals surface area contributed by atoms with Crippen molar-refractivity contribution in [2.24, 2.45) is 0 Å². The molecule has 0 atom stereocenters. The van der Waals surface area contributed by atoms with Crippen LogP contribution in [0.4, 0.5) is 0 Å². The Labute approximate surface area is 171 Å². The predicted molar refractivity (Wildman–Crippen MR) is 111 cm³/mol. The minimum absolute atomic E-state index is 0.315. The first kappa shape index (κ1) is 20.9. The van der Waals surface area contributed by atoms with E-state index in [4.69, 9.17) is 9.47 Å². The van der Waals surface area contributed by atoms with Crippen LogP contribution in [-0.2, 0) is 26.2 Å². The number of para-hydroxylation sites is 1. The summed E-state index contributed by atoms with van der Waals surface area (Å²) in [5.41, 5.74) is 1.84. The fourth-order valence-electron chi connectivity index (χ4n) is 3.76. The lowest BCUT2D eigenvalue weighted by atomic mass is 9.73. The lowest BCUT2D eigenvalue weighted by Crippen LogP contribution is -2.48. The molecule has 154 valence electrons. The lowest BCUT2D eigenvalue weighted by Gasteiger charge is -2.38. The van der Waals surface area contributed by atoms with Gasteiger partial charge in [-0.15, -0.1) is 0 Å². The van der Waals surface area contributed by atoms with Crippen LogP contribution in [-0.4, -0.2) is 45.2 Å². The third-order valence-corrected chi connectivity index (χ3v) is 5.46. The van der Waals surface area contributed by atoms with Crippen molar-refractivity contribution in [3.63, 3.8) is 0 Å². The third-order valence-electron chi connectivity index (χ3n) is 5.46. The lowest BCUT2D eigenvalue weighted by molar-refractivity contribution is -0.139. The molecule has 1 heterocycles. The fourth-order valence-corrected chi connectivity index (χ4v) is 3.76. The molecule has 0 radical (unpaired) electrons. The summed E-state index contributed by atoms with van der Waals surface area (Å²) < 4.78 is 11.1. The highest BCUT2D eigenvalue weighted by molar-refractivity contribution is 6.35. The zero-order valence-corrected chi connectivity index (χ0v) is 16.8. The summed E-state index contributed by atoms with van der Waals surface area (Å²) in [7, 11) is 1.64. The monoisotopic (exact) mass is 396 g/mol. The molecule has 1 aliphatic rings. The van der Waals surface area contributed by atoms with Crippen LogP contribution in [0, 0.1) is 0 Å². The molecule has 0 unspecified atom stereocenters. The molecule has 0 saturated carbocycles. The van der Waals surface area contributed by atoms with Gasteiger partial charge >= 0.3 is 11.8 Å². The van der Waals surface area contributed by atoms with E-state index in [2.05, 4.69) is 10.6 Å². The molecule has 2 aromatic rings. The topological polar surface area (TPSA) is 76.7 Å². The smallest absolute Gasteiger partial charge is 0.309 e. The van der Waals surface area contributed by atoms with Crippen LogP contribution in [0.25, 0.3) is 0 Å². The van der Waals surface area contributed by atoms with Crippen LogP contribution < -0.4 is 15.4 Å². The van der Waals surface area contributed by atoms with Crippen molar-refractivity contribution >= 4 is 11.8 Å². The molecule has 2 N–H and O–H groups in total. The van der Waals surface area contributed by atoms with Crippen molar-refractivity contribution < 1.29 is 19.1 Å². The number of carbonyl (C=O) groups excluding carboxylic acids is 2. The normalized spacial score (nSPS) is 15.3. The molecule has 3 rings (SSSR count). The second kappa shape index (κ2) is 10.1. The maximum atomic E-state index is 12.4. The number of methoxy groups -OCH3 is 1. The van der Waals surface area contributed by atoms with Gasteiger partial charge in [0.05, 0.1) is 7.11 Å². The Kier molecular flexibility index (Phi) is 7.25. The average molecular weight is 396 g/mol. The van der Waals surface area contributed by atoms with Gasteiger partial charge in [-0.1, -0.05) is 48.5 Å². The quantitative estimate of drug-likeness (QED) is 0.704. The van der Waals surface area contributed by atoms with Gasteiger partial charge in [0.1, 0.15) is 5.75 Å². The van der Waals surface area contributed by atoms with Crippen molar-refractivity contribution in [2.45, 2.75) is 24.7 Å². The summed E-state index contributed by atoms with van der Waals surface area (Å²) in [5, 5.41) is 5.52. The molecule has 29 heavy (non-hydrogen) atoms. The van der Waals surface area contributed by atoms with E-state index in [-0.39, 0.29) is 5.41 Å². The number of amides is 2. The maximum absolute atomic E-state index is 12.4. The molecule has 6 heteroatoms. The van der Waals surface area contributed by atoms with Gasteiger partial charge in [-0.2, -0.15) is 0 Å². The minimum Gasteiger partial charge on any atom is -0.496 e. The van der Waals surface area contributed by atoms with E-state index in [1.165, 1.54) is 0 Å². The summed E-state index contributed by atoms with van der Waals surface area (Å²) in [5.74, 6) is -0.432. The Hall–Kier alpha value is -2.86. The Morgan fingerprint density at radius 3 is 2.34 bits per heavy atom. The Balaban J connectivity index is 1.59. The largest absolute Gasteiger partial charge is 0.496 e. The molecule has 2 aromatic carbocycles. The average Bonchev–Trinajstić information content (AvgIpc) is 2.78. The number of benzene rings is 2. The van der Waals surface area contributed by atoms with Crippen molar-refractivity contribution in [3.05, 3.63) is 65.7 Å². The number of hydrogen-bond donors (Lipinski definition) is 2. The molecule has 1 aliphatic heterocycles. The van der Waals surface area contributed by atoms with Crippen molar-refractivity contribution in [1.82, 2.24) is 10.6 Å². The van der Waals surface area contributed by atoms with E-state index in [0.29, 0.717) is 32.7 Å². The van der Waals surface area contributed by atoms with Crippen LogP contribution in [0.2, 0.25) is 0 Å². The number of carbonyl (C=O) groups is 2. The number of rotatable bonds is 7. The van der Waals surface area contributed by atoms with Crippen LogP contribution in [0.15, 0.2) is 54.6 Å². The van der Waals surface area contributed by atoms with E-state index < -0.39 is 11.8 Å². The SMILES string of the molecule is COc1ccccc1C1(CNC(=O)C(=O)NCCc2ccccc2)CCOCC1.